The van der Waals surface area contributed by atoms with E-state index in [4.69, 9.17) is 0 Å². The summed E-state index contributed by atoms with van der Waals surface area (Å²) in [5.74, 6) is -1.46. The van der Waals surface area contributed by atoms with E-state index in [9.17, 15) is 12.9 Å². The molecule has 0 saturated carbocycles. The van der Waals surface area contributed by atoms with Crippen molar-refractivity contribution in [2.45, 2.75) is 12.4 Å². The van der Waals surface area contributed by atoms with Crippen LogP contribution in [0.1, 0.15) is 5.56 Å². The Morgan fingerprint density at radius 2 is 1.69 bits per heavy atom. The molecule has 0 aromatic heterocycles. The van der Waals surface area contributed by atoms with Crippen LogP contribution in [0.5, 0.6) is 0 Å². The van der Waals surface area contributed by atoms with Crippen molar-refractivity contribution in [3.63, 3.8) is 0 Å². The van der Waals surface area contributed by atoms with Gasteiger partial charge in [0.2, 0.25) is 0 Å². The fourth-order valence-corrected chi connectivity index (χ4v) is 1.05. The van der Waals surface area contributed by atoms with Gasteiger partial charge in [-0.25, -0.2) is 0 Å². The second-order valence-corrected chi connectivity index (χ2v) is 3.08. The van der Waals surface area contributed by atoms with Crippen LogP contribution in [0.25, 0.3) is 0 Å². The summed E-state index contributed by atoms with van der Waals surface area (Å²) >= 11 is 0. The van der Waals surface area contributed by atoms with Crippen molar-refractivity contribution >= 4 is 6.98 Å². The summed E-state index contributed by atoms with van der Waals surface area (Å²) in [5.41, 5.74) is 3.79. The average Bonchev–Trinajstić information content (AvgIpc) is 2.04. The molecular formula is C8H11BF3N. The second kappa shape index (κ2) is 3.83. The highest BCUT2D eigenvalue weighted by molar-refractivity contribution is 6.59. The highest BCUT2D eigenvalue weighted by Crippen LogP contribution is 2.14. The maximum Gasteiger partial charge on any atom is 0.535 e. The Bertz CT molecular complexity index is 260. The van der Waals surface area contributed by atoms with Gasteiger partial charge in [-0.15, -0.1) is 0 Å². The third kappa shape index (κ3) is 3.10. The van der Waals surface area contributed by atoms with Gasteiger partial charge in [-0.3, -0.25) is 0 Å². The molecule has 0 radical (unpaired) electrons. The standard InChI is InChI=1S/C8H10BF3N/c10-9(11,12)8(13)6-7-4-2-1-3-5-7/h1-5,8H,6,13H2/q-1/p+1/t8-/m0/s1/i10-1. The second-order valence-electron chi connectivity index (χ2n) is 3.08. The van der Waals surface area contributed by atoms with E-state index in [2.05, 4.69) is 5.73 Å². The fraction of sp³-hybridized carbons (Fsp3) is 0.250. The van der Waals surface area contributed by atoms with Gasteiger partial charge in [-0.1, -0.05) is 30.3 Å². The maximum atomic E-state index is 12.1. The van der Waals surface area contributed by atoms with Gasteiger partial charge in [0.1, 0.15) is 0 Å². The maximum absolute atomic E-state index is 12.1. The summed E-state index contributed by atoms with van der Waals surface area (Å²) in [7, 11) is 0. The van der Waals surface area contributed by atoms with Crippen molar-refractivity contribution in [2.24, 2.45) is 0 Å². The van der Waals surface area contributed by atoms with Crippen LogP contribution in [0.15, 0.2) is 30.3 Å². The minimum atomic E-state index is -4.81. The van der Waals surface area contributed by atoms with Crippen molar-refractivity contribution in [1.82, 2.24) is 0 Å². The molecule has 1 aromatic carbocycles. The SMILES string of the molecule is [NH3+][C@@H](Cc1ccccc1)[B-](F)(F)[18F]. The molecule has 3 N–H and O–H groups in total. The van der Waals surface area contributed by atoms with E-state index in [0.29, 0.717) is 5.56 Å². The minimum Gasteiger partial charge on any atom is -0.445 e. The van der Waals surface area contributed by atoms with E-state index < -0.39 is 12.9 Å². The van der Waals surface area contributed by atoms with Crippen LogP contribution < -0.4 is 5.73 Å². The molecule has 0 heterocycles. The number of rotatable bonds is 3. The summed E-state index contributed by atoms with van der Waals surface area (Å²) in [6.07, 6.45) is -0.0235. The van der Waals surface area contributed by atoms with E-state index in [1.165, 1.54) is 0 Å². The molecule has 0 bridgehead atoms. The molecule has 0 aliphatic heterocycles. The predicted molar refractivity (Wildman–Crippen MR) is 45.9 cm³/mol. The molecule has 13 heavy (non-hydrogen) atoms. The van der Waals surface area contributed by atoms with Gasteiger partial charge in [0.15, 0.2) is 0 Å². The predicted octanol–water partition coefficient (Wildman–Crippen LogP) is 1.23. The van der Waals surface area contributed by atoms with Gasteiger partial charge < -0.3 is 18.7 Å². The number of halogens is 3. The third-order valence-corrected chi connectivity index (χ3v) is 1.88. The molecule has 0 spiro atoms. The van der Waals surface area contributed by atoms with Gasteiger partial charge in [-0.2, -0.15) is 0 Å². The average molecular weight is 188 g/mol. The van der Waals surface area contributed by atoms with Crippen LogP contribution in [0.4, 0.5) is 12.9 Å². The highest BCUT2D eigenvalue weighted by Gasteiger charge is 2.35. The van der Waals surface area contributed by atoms with Crippen LogP contribution in [0.2, 0.25) is 0 Å². The van der Waals surface area contributed by atoms with Crippen LogP contribution in [0.3, 0.4) is 0 Å². The molecule has 1 rings (SSSR count). The summed E-state index contributed by atoms with van der Waals surface area (Å²) in [6.45, 7) is -4.81. The summed E-state index contributed by atoms with van der Waals surface area (Å²) in [6, 6.07) is 8.59. The lowest BCUT2D eigenvalue weighted by Gasteiger charge is -2.18. The number of hydrogen-bond donors (Lipinski definition) is 1. The lowest BCUT2D eigenvalue weighted by molar-refractivity contribution is -0.399. The Hall–Kier alpha value is -0.965. The quantitative estimate of drug-likeness (QED) is 0.690. The zero-order chi connectivity index (χ0) is 9.90. The van der Waals surface area contributed by atoms with E-state index >= 15 is 0 Å². The van der Waals surface area contributed by atoms with Crippen molar-refractivity contribution in [1.29, 1.82) is 0 Å². The zero-order valence-corrected chi connectivity index (χ0v) is 7.09. The zero-order valence-electron chi connectivity index (χ0n) is 7.09. The first-order valence-corrected chi connectivity index (χ1v) is 4.07. The van der Waals surface area contributed by atoms with Gasteiger partial charge in [-0.05, 0) is 12.0 Å². The van der Waals surface area contributed by atoms with E-state index in [0.717, 1.165) is 0 Å². The normalized spacial score (nSPS) is 14.2. The molecule has 0 fully saturated rings. The van der Waals surface area contributed by atoms with Gasteiger partial charge in [0.25, 0.3) is 0 Å². The van der Waals surface area contributed by atoms with Crippen LogP contribution >= 0.6 is 0 Å². The van der Waals surface area contributed by atoms with Gasteiger partial charge in [0.05, 0.1) is 5.94 Å². The van der Waals surface area contributed by atoms with Crippen LogP contribution in [-0.2, 0) is 6.42 Å². The molecule has 0 aliphatic carbocycles. The number of benzene rings is 1. The Labute approximate surface area is 74.8 Å². The van der Waals surface area contributed by atoms with Gasteiger partial charge in [0, 0.05) is 0 Å². The molecule has 5 heteroatoms. The molecule has 0 amide bonds. The molecule has 0 unspecified atom stereocenters. The van der Waals surface area contributed by atoms with Crippen molar-refractivity contribution < 1.29 is 18.7 Å². The van der Waals surface area contributed by atoms with E-state index in [1.807, 2.05) is 0 Å². The lowest BCUT2D eigenvalue weighted by Crippen LogP contribution is -2.71. The van der Waals surface area contributed by atoms with Crippen molar-refractivity contribution in [3.8, 4) is 0 Å². The lowest BCUT2D eigenvalue weighted by atomic mass is 9.76. The monoisotopic (exact) mass is 188 g/mol. The molecular weight excluding hydrogens is 177 g/mol. The topological polar surface area (TPSA) is 27.6 Å². The van der Waals surface area contributed by atoms with E-state index in [-0.39, 0.29) is 6.42 Å². The summed E-state index contributed by atoms with van der Waals surface area (Å²) < 4.78 is 36.4. The van der Waals surface area contributed by atoms with Crippen molar-refractivity contribution in [3.05, 3.63) is 35.9 Å². The Morgan fingerprint density at radius 1 is 1.15 bits per heavy atom. The Morgan fingerprint density at radius 3 is 2.15 bits per heavy atom. The molecule has 1 nitrogen and oxygen atoms in total. The number of hydrogen-bond acceptors (Lipinski definition) is 0. The molecule has 0 saturated heterocycles. The smallest absolute Gasteiger partial charge is 0.445 e. The molecule has 72 valence electrons. The van der Waals surface area contributed by atoms with Gasteiger partial charge >= 0.3 is 6.98 Å². The largest absolute Gasteiger partial charge is 0.535 e. The van der Waals surface area contributed by atoms with Crippen LogP contribution in [0, 0.1) is 0 Å². The molecule has 1 aromatic rings. The van der Waals surface area contributed by atoms with Crippen molar-refractivity contribution in [2.75, 3.05) is 0 Å². The third-order valence-electron chi connectivity index (χ3n) is 1.88. The first kappa shape index (κ1) is 10.1. The molecule has 0 aliphatic rings. The fourth-order valence-electron chi connectivity index (χ4n) is 1.05. The number of quaternary nitrogens is 1. The molecule has 1 atom stereocenters. The Kier molecular flexibility index (Phi) is 2.98. The minimum absolute atomic E-state index is 0.0235. The first-order valence-electron chi connectivity index (χ1n) is 4.07. The summed E-state index contributed by atoms with van der Waals surface area (Å²) in [5, 5.41) is 0. The Balaban J connectivity index is 2.61. The van der Waals surface area contributed by atoms with E-state index in [1.54, 1.807) is 30.3 Å². The van der Waals surface area contributed by atoms with Crippen LogP contribution in [-0.4, -0.2) is 12.9 Å². The first-order chi connectivity index (χ1) is 6.00. The highest BCUT2D eigenvalue weighted by atomic mass is 19.3. The summed E-state index contributed by atoms with van der Waals surface area (Å²) in [4.78, 5) is 0.